The molecule has 1 fully saturated rings. The lowest BCUT2D eigenvalue weighted by Gasteiger charge is -2.17. The van der Waals surface area contributed by atoms with E-state index in [-0.39, 0.29) is 0 Å². The second-order valence-corrected chi connectivity index (χ2v) is 6.99. The van der Waals surface area contributed by atoms with Crippen molar-refractivity contribution in [2.45, 2.75) is 65.3 Å². The van der Waals surface area contributed by atoms with Gasteiger partial charge in [-0.25, -0.2) is 4.98 Å². The van der Waals surface area contributed by atoms with Crippen molar-refractivity contribution < 1.29 is 0 Å². The summed E-state index contributed by atoms with van der Waals surface area (Å²) < 4.78 is 0. The van der Waals surface area contributed by atoms with Crippen LogP contribution in [0.4, 0.5) is 17.5 Å². The SMILES string of the molecule is Cc1ccc(Nc2cc(C)nc(NC3CCCCCC3)n2)c(C)c1. The maximum absolute atomic E-state index is 4.68. The molecule has 4 nitrogen and oxygen atoms in total. The van der Waals surface area contributed by atoms with Gasteiger partial charge in [0.15, 0.2) is 0 Å². The first kappa shape index (κ1) is 16.7. The highest BCUT2D eigenvalue weighted by Crippen LogP contribution is 2.23. The minimum absolute atomic E-state index is 0.503. The van der Waals surface area contributed by atoms with Crippen LogP contribution in [-0.2, 0) is 0 Å². The van der Waals surface area contributed by atoms with Crippen molar-refractivity contribution >= 4 is 17.5 Å². The fourth-order valence-electron chi connectivity index (χ4n) is 3.40. The van der Waals surface area contributed by atoms with Gasteiger partial charge < -0.3 is 10.6 Å². The number of rotatable bonds is 4. The van der Waals surface area contributed by atoms with E-state index in [0.29, 0.717) is 6.04 Å². The molecule has 1 aliphatic carbocycles. The Morgan fingerprint density at radius 1 is 0.917 bits per heavy atom. The van der Waals surface area contributed by atoms with Gasteiger partial charge in [-0.05, 0) is 45.2 Å². The van der Waals surface area contributed by atoms with Crippen LogP contribution < -0.4 is 10.6 Å². The number of benzene rings is 1. The fraction of sp³-hybridized carbons (Fsp3) is 0.500. The van der Waals surface area contributed by atoms with Gasteiger partial charge in [0.2, 0.25) is 5.95 Å². The molecular formula is C20H28N4. The molecule has 3 rings (SSSR count). The minimum Gasteiger partial charge on any atom is -0.351 e. The van der Waals surface area contributed by atoms with Gasteiger partial charge >= 0.3 is 0 Å². The average molecular weight is 324 g/mol. The van der Waals surface area contributed by atoms with Crippen LogP contribution in [0.25, 0.3) is 0 Å². The van der Waals surface area contributed by atoms with Crippen LogP contribution in [0.15, 0.2) is 24.3 Å². The highest BCUT2D eigenvalue weighted by atomic mass is 15.2. The van der Waals surface area contributed by atoms with Crippen molar-refractivity contribution in [3.63, 3.8) is 0 Å². The van der Waals surface area contributed by atoms with Crippen LogP contribution in [0.5, 0.6) is 0 Å². The Kier molecular flexibility index (Phi) is 5.34. The Morgan fingerprint density at radius 3 is 2.38 bits per heavy atom. The summed E-state index contributed by atoms with van der Waals surface area (Å²) in [6.45, 7) is 6.25. The Bertz CT molecular complexity index is 688. The fourth-order valence-corrected chi connectivity index (χ4v) is 3.40. The van der Waals surface area contributed by atoms with Crippen LogP contribution in [0.1, 0.15) is 55.3 Å². The van der Waals surface area contributed by atoms with Crippen molar-refractivity contribution in [3.8, 4) is 0 Å². The molecular weight excluding hydrogens is 296 g/mol. The predicted molar refractivity (Wildman–Crippen MR) is 101 cm³/mol. The van der Waals surface area contributed by atoms with E-state index >= 15 is 0 Å². The Labute approximate surface area is 145 Å². The number of hydrogen-bond acceptors (Lipinski definition) is 4. The highest BCUT2D eigenvalue weighted by Gasteiger charge is 2.14. The molecule has 1 aromatic carbocycles. The zero-order valence-corrected chi connectivity index (χ0v) is 15.0. The smallest absolute Gasteiger partial charge is 0.225 e. The molecule has 24 heavy (non-hydrogen) atoms. The van der Waals surface area contributed by atoms with Gasteiger partial charge in [0.25, 0.3) is 0 Å². The average Bonchev–Trinajstić information content (AvgIpc) is 2.78. The minimum atomic E-state index is 0.503. The Balaban J connectivity index is 1.75. The molecule has 0 radical (unpaired) electrons. The monoisotopic (exact) mass is 324 g/mol. The van der Waals surface area contributed by atoms with Gasteiger partial charge in [0.1, 0.15) is 5.82 Å². The third kappa shape index (κ3) is 4.47. The van der Waals surface area contributed by atoms with Crippen molar-refractivity contribution in [1.29, 1.82) is 0 Å². The van der Waals surface area contributed by atoms with E-state index in [2.05, 4.69) is 52.6 Å². The second kappa shape index (κ2) is 7.65. The van der Waals surface area contributed by atoms with E-state index in [1.54, 1.807) is 0 Å². The van der Waals surface area contributed by atoms with Crippen LogP contribution in [0.2, 0.25) is 0 Å². The summed E-state index contributed by atoms with van der Waals surface area (Å²) >= 11 is 0. The summed E-state index contributed by atoms with van der Waals surface area (Å²) in [5.41, 5.74) is 4.57. The number of nitrogens with zero attached hydrogens (tertiary/aromatic N) is 2. The summed E-state index contributed by atoms with van der Waals surface area (Å²) in [6.07, 6.45) is 7.75. The van der Waals surface area contributed by atoms with Gasteiger partial charge in [-0.3, -0.25) is 0 Å². The van der Waals surface area contributed by atoms with Crippen molar-refractivity contribution in [3.05, 3.63) is 41.1 Å². The van der Waals surface area contributed by atoms with Crippen molar-refractivity contribution in [2.24, 2.45) is 0 Å². The first-order valence-corrected chi connectivity index (χ1v) is 9.06. The standard InChI is InChI=1S/C20H28N4/c1-14-10-11-18(15(2)12-14)23-19-13-16(3)21-20(24-19)22-17-8-6-4-5-7-9-17/h10-13,17H,4-9H2,1-3H3,(H2,21,22,23,24). The number of nitrogens with one attached hydrogen (secondary N) is 2. The first-order chi connectivity index (χ1) is 11.6. The van der Waals surface area contributed by atoms with Crippen LogP contribution in [0, 0.1) is 20.8 Å². The summed E-state index contributed by atoms with van der Waals surface area (Å²) in [7, 11) is 0. The summed E-state index contributed by atoms with van der Waals surface area (Å²) in [5, 5.41) is 6.99. The molecule has 1 saturated carbocycles. The second-order valence-electron chi connectivity index (χ2n) is 6.99. The molecule has 1 aliphatic rings. The molecule has 1 heterocycles. The molecule has 0 amide bonds. The summed E-state index contributed by atoms with van der Waals surface area (Å²) in [5.74, 6) is 1.60. The number of aromatic nitrogens is 2. The maximum atomic E-state index is 4.68. The van der Waals surface area contributed by atoms with Gasteiger partial charge in [-0.2, -0.15) is 4.98 Å². The predicted octanol–water partition coefficient (Wildman–Crippen LogP) is 5.28. The largest absolute Gasteiger partial charge is 0.351 e. The zero-order valence-electron chi connectivity index (χ0n) is 15.0. The lowest BCUT2D eigenvalue weighted by molar-refractivity contribution is 0.614. The van der Waals surface area contributed by atoms with Crippen molar-refractivity contribution in [2.75, 3.05) is 10.6 Å². The number of anilines is 3. The number of aryl methyl sites for hydroxylation is 3. The third-order valence-corrected chi connectivity index (χ3v) is 4.69. The van der Waals surface area contributed by atoms with Gasteiger partial charge in [-0.1, -0.05) is 43.4 Å². The first-order valence-electron chi connectivity index (χ1n) is 9.06. The van der Waals surface area contributed by atoms with E-state index < -0.39 is 0 Å². The van der Waals surface area contributed by atoms with E-state index in [0.717, 1.165) is 23.1 Å². The highest BCUT2D eigenvalue weighted by molar-refractivity contribution is 5.61. The maximum Gasteiger partial charge on any atom is 0.225 e. The lowest BCUT2D eigenvalue weighted by Crippen LogP contribution is -2.20. The molecule has 2 aromatic rings. The normalized spacial score (nSPS) is 15.8. The molecule has 0 atom stereocenters. The molecule has 1 aromatic heterocycles. The topological polar surface area (TPSA) is 49.8 Å². The van der Waals surface area contributed by atoms with E-state index in [1.165, 1.54) is 49.7 Å². The Hall–Kier alpha value is -2.10. The van der Waals surface area contributed by atoms with Gasteiger partial charge in [0, 0.05) is 23.5 Å². The summed E-state index contributed by atoms with van der Waals surface area (Å²) in [6, 6.07) is 8.91. The van der Waals surface area contributed by atoms with Crippen LogP contribution in [0.3, 0.4) is 0 Å². The molecule has 2 N–H and O–H groups in total. The quantitative estimate of drug-likeness (QED) is 0.751. The van der Waals surface area contributed by atoms with Crippen LogP contribution in [-0.4, -0.2) is 16.0 Å². The zero-order chi connectivity index (χ0) is 16.9. The molecule has 0 spiro atoms. The summed E-state index contributed by atoms with van der Waals surface area (Å²) in [4.78, 5) is 9.26. The van der Waals surface area contributed by atoms with Crippen molar-refractivity contribution in [1.82, 2.24) is 9.97 Å². The van der Waals surface area contributed by atoms with Gasteiger partial charge in [0.05, 0.1) is 0 Å². The van der Waals surface area contributed by atoms with E-state index in [9.17, 15) is 0 Å². The molecule has 0 unspecified atom stereocenters. The molecule has 4 heteroatoms. The third-order valence-electron chi connectivity index (χ3n) is 4.69. The van der Waals surface area contributed by atoms with E-state index in [1.807, 2.05) is 13.0 Å². The molecule has 0 bridgehead atoms. The van der Waals surface area contributed by atoms with Crippen LogP contribution >= 0.6 is 0 Å². The molecule has 0 aliphatic heterocycles. The molecule has 128 valence electrons. The van der Waals surface area contributed by atoms with Gasteiger partial charge in [-0.15, -0.1) is 0 Å². The Morgan fingerprint density at radius 2 is 1.67 bits per heavy atom. The van der Waals surface area contributed by atoms with E-state index in [4.69, 9.17) is 0 Å². The molecule has 0 saturated heterocycles. The lowest BCUT2D eigenvalue weighted by atomic mass is 10.1. The number of hydrogen-bond donors (Lipinski definition) is 2.